The first kappa shape index (κ1) is 15.9. The van der Waals surface area contributed by atoms with Gasteiger partial charge in [-0.05, 0) is 37.5 Å². The molecule has 0 aliphatic carbocycles. The molecular weight excluding hydrogens is 238 g/mol. The van der Waals surface area contributed by atoms with Crippen molar-refractivity contribution in [2.24, 2.45) is 5.73 Å². The molecule has 19 heavy (non-hydrogen) atoms. The van der Waals surface area contributed by atoms with Crippen LogP contribution in [0.15, 0.2) is 18.3 Å². The minimum atomic E-state index is 0.0349. The number of methoxy groups -OCH3 is 1. The van der Waals surface area contributed by atoms with Crippen LogP contribution in [0, 0.1) is 0 Å². The van der Waals surface area contributed by atoms with Gasteiger partial charge in [0.05, 0.1) is 6.61 Å². The zero-order valence-electron chi connectivity index (χ0n) is 12.6. The molecule has 1 aromatic heterocycles. The molecule has 0 aromatic carbocycles. The smallest absolute Gasteiger partial charge is 0.129 e. The summed E-state index contributed by atoms with van der Waals surface area (Å²) in [4.78, 5) is 6.84. The Morgan fingerprint density at radius 1 is 1.37 bits per heavy atom. The predicted molar refractivity (Wildman–Crippen MR) is 80.4 cm³/mol. The van der Waals surface area contributed by atoms with Crippen molar-refractivity contribution < 1.29 is 4.74 Å². The van der Waals surface area contributed by atoms with Gasteiger partial charge in [-0.25, -0.2) is 4.98 Å². The van der Waals surface area contributed by atoms with E-state index in [0.29, 0.717) is 12.6 Å². The fraction of sp³-hybridized carbons (Fsp3) is 0.667. The summed E-state index contributed by atoms with van der Waals surface area (Å²) in [5.74, 6) is 1.00. The SMILES string of the molecule is CCC(CC)N(CCOC)c1cc([C@@H](C)N)ccn1. The third-order valence-electron chi connectivity index (χ3n) is 3.51. The number of hydrogen-bond acceptors (Lipinski definition) is 4. The summed E-state index contributed by atoms with van der Waals surface area (Å²) in [7, 11) is 1.73. The van der Waals surface area contributed by atoms with Crippen LogP contribution in [-0.2, 0) is 4.74 Å². The Balaban J connectivity index is 2.98. The van der Waals surface area contributed by atoms with E-state index in [4.69, 9.17) is 10.5 Å². The zero-order chi connectivity index (χ0) is 14.3. The molecule has 0 radical (unpaired) electrons. The number of nitrogens with two attached hydrogens (primary N) is 1. The average Bonchev–Trinajstić information content (AvgIpc) is 2.43. The Morgan fingerprint density at radius 2 is 2.05 bits per heavy atom. The zero-order valence-corrected chi connectivity index (χ0v) is 12.6. The first-order chi connectivity index (χ1) is 9.13. The summed E-state index contributed by atoms with van der Waals surface area (Å²) in [6, 6.07) is 4.60. The van der Waals surface area contributed by atoms with Gasteiger partial charge in [0.25, 0.3) is 0 Å². The molecule has 2 N–H and O–H groups in total. The van der Waals surface area contributed by atoms with E-state index in [1.165, 1.54) is 0 Å². The Kier molecular flexibility index (Phi) is 6.81. The molecule has 108 valence electrons. The lowest BCUT2D eigenvalue weighted by molar-refractivity contribution is 0.202. The van der Waals surface area contributed by atoms with Crippen molar-refractivity contribution in [3.05, 3.63) is 23.9 Å². The Hall–Kier alpha value is -1.13. The van der Waals surface area contributed by atoms with Crippen molar-refractivity contribution in [3.63, 3.8) is 0 Å². The maximum atomic E-state index is 5.95. The normalized spacial score (nSPS) is 12.7. The summed E-state index contributed by atoms with van der Waals surface area (Å²) >= 11 is 0. The van der Waals surface area contributed by atoms with Crippen LogP contribution < -0.4 is 10.6 Å². The molecular formula is C15H27N3O. The van der Waals surface area contributed by atoms with E-state index >= 15 is 0 Å². The molecule has 0 bridgehead atoms. The van der Waals surface area contributed by atoms with Gasteiger partial charge in [0, 0.05) is 31.9 Å². The van der Waals surface area contributed by atoms with Gasteiger partial charge in [-0.15, -0.1) is 0 Å². The highest BCUT2D eigenvalue weighted by Crippen LogP contribution is 2.21. The van der Waals surface area contributed by atoms with Crippen molar-refractivity contribution in [2.75, 3.05) is 25.2 Å². The number of aromatic nitrogens is 1. The molecule has 1 heterocycles. The average molecular weight is 265 g/mol. The van der Waals surface area contributed by atoms with Crippen molar-refractivity contribution >= 4 is 5.82 Å². The minimum absolute atomic E-state index is 0.0349. The van der Waals surface area contributed by atoms with Gasteiger partial charge < -0.3 is 15.4 Å². The monoisotopic (exact) mass is 265 g/mol. The lowest BCUT2D eigenvalue weighted by atomic mass is 10.1. The first-order valence-electron chi connectivity index (χ1n) is 7.11. The standard InChI is InChI=1S/C15H27N3O/c1-5-14(6-2)18(9-10-19-4)15-11-13(12(3)16)7-8-17-15/h7-8,11-12,14H,5-6,9-10,16H2,1-4H3/t12-/m1/s1. The lowest BCUT2D eigenvalue weighted by Crippen LogP contribution is -2.37. The van der Waals surface area contributed by atoms with Crippen LogP contribution in [0.3, 0.4) is 0 Å². The van der Waals surface area contributed by atoms with Gasteiger partial charge in [0.2, 0.25) is 0 Å². The molecule has 0 saturated carbocycles. The molecule has 1 aromatic rings. The number of rotatable bonds is 8. The maximum Gasteiger partial charge on any atom is 0.129 e. The number of pyridine rings is 1. The number of nitrogens with zero attached hydrogens (tertiary/aromatic N) is 2. The van der Waals surface area contributed by atoms with E-state index in [1.807, 2.05) is 19.2 Å². The molecule has 1 rings (SSSR count). The molecule has 1 atom stereocenters. The molecule has 4 nitrogen and oxygen atoms in total. The van der Waals surface area contributed by atoms with E-state index in [0.717, 1.165) is 30.8 Å². The van der Waals surface area contributed by atoms with E-state index in [2.05, 4.69) is 29.8 Å². The number of anilines is 1. The largest absolute Gasteiger partial charge is 0.383 e. The Bertz CT molecular complexity index is 364. The third kappa shape index (κ3) is 4.48. The van der Waals surface area contributed by atoms with Crippen molar-refractivity contribution in [2.45, 2.75) is 45.7 Å². The van der Waals surface area contributed by atoms with E-state index < -0.39 is 0 Å². The van der Waals surface area contributed by atoms with E-state index in [9.17, 15) is 0 Å². The van der Waals surface area contributed by atoms with Gasteiger partial charge in [-0.3, -0.25) is 0 Å². The number of hydrogen-bond donors (Lipinski definition) is 1. The molecule has 0 aliphatic heterocycles. The second kappa shape index (κ2) is 8.12. The van der Waals surface area contributed by atoms with Gasteiger partial charge in [0.1, 0.15) is 5.82 Å². The van der Waals surface area contributed by atoms with Crippen molar-refractivity contribution in [1.82, 2.24) is 4.98 Å². The van der Waals surface area contributed by atoms with E-state index in [-0.39, 0.29) is 6.04 Å². The molecule has 0 amide bonds. The van der Waals surface area contributed by atoms with E-state index in [1.54, 1.807) is 7.11 Å². The van der Waals surface area contributed by atoms with Crippen LogP contribution in [0.1, 0.15) is 45.2 Å². The topological polar surface area (TPSA) is 51.4 Å². The van der Waals surface area contributed by atoms with Crippen LogP contribution >= 0.6 is 0 Å². The summed E-state index contributed by atoms with van der Waals surface area (Å²) in [5.41, 5.74) is 7.08. The van der Waals surface area contributed by atoms with Crippen LogP contribution in [-0.4, -0.2) is 31.3 Å². The summed E-state index contributed by atoms with van der Waals surface area (Å²) in [6.07, 6.45) is 4.05. The maximum absolute atomic E-state index is 5.95. The second-order valence-electron chi connectivity index (χ2n) is 4.89. The van der Waals surface area contributed by atoms with Gasteiger partial charge >= 0.3 is 0 Å². The highest BCUT2D eigenvalue weighted by Gasteiger charge is 2.17. The molecule has 0 fully saturated rings. The third-order valence-corrected chi connectivity index (χ3v) is 3.51. The Morgan fingerprint density at radius 3 is 2.58 bits per heavy atom. The van der Waals surface area contributed by atoms with Crippen LogP contribution in [0.25, 0.3) is 0 Å². The second-order valence-corrected chi connectivity index (χ2v) is 4.89. The van der Waals surface area contributed by atoms with Crippen molar-refractivity contribution in [1.29, 1.82) is 0 Å². The summed E-state index contributed by atoms with van der Waals surface area (Å²) in [5, 5.41) is 0. The molecule has 0 unspecified atom stereocenters. The van der Waals surface area contributed by atoms with Crippen molar-refractivity contribution in [3.8, 4) is 0 Å². The molecule has 0 saturated heterocycles. The Labute approximate surface area is 117 Å². The summed E-state index contributed by atoms with van der Waals surface area (Å²) < 4.78 is 5.22. The van der Waals surface area contributed by atoms with Gasteiger partial charge in [-0.1, -0.05) is 13.8 Å². The quantitative estimate of drug-likeness (QED) is 0.785. The van der Waals surface area contributed by atoms with Crippen LogP contribution in [0.4, 0.5) is 5.82 Å². The highest BCUT2D eigenvalue weighted by molar-refractivity contribution is 5.43. The highest BCUT2D eigenvalue weighted by atomic mass is 16.5. The fourth-order valence-corrected chi connectivity index (χ4v) is 2.28. The molecule has 0 aliphatic rings. The van der Waals surface area contributed by atoms with Crippen LogP contribution in [0.2, 0.25) is 0 Å². The van der Waals surface area contributed by atoms with Crippen LogP contribution in [0.5, 0.6) is 0 Å². The molecule has 0 spiro atoms. The lowest BCUT2D eigenvalue weighted by Gasteiger charge is -2.31. The number of ether oxygens (including phenoxy) is 1. The predicted octanol–water partition coefficient (Wildman–Crippen LogP) is 2.74. The minimum Gasteiger partial charge on any atom is -0.383 e. The summed E-state index contributed by atoms with van der Waals surface area (Å²) in [6.45, 7) is 7.99. The van der Waals surface area contributed by atoms with Gasteiger partial charge in [-0.2, -0.15) is 0 Å². The first-order valence-corrected chi connectivity index (χ1v) is 7.11. The fourth-order valence-electron chi connectivity index (χ4n) is 2.28. The van der Waals surface area contributed by atoms with Gasteiger partial charge in [0.15, 0.2) is 0 Å². The molecule has 4 heteroatoms.